The lowest BCUT2D eigenvalue weighted by Gasteiger charge is -2.25. The molecule has 0 aliphatic carbocycles. The summed E-state index contributed by atoms with van der Waals surface area (Å²) >= 11 is 0. The molecule has 0 spiro atoms. The summed E-state index contributed by atoms with van der Waals surface area (Å²) in [4.78, 5) is 25.3. The molecule has 0 saturated heterocycles. The molecule has 0 fully saturated rings. The molecule has 7 heteroatoms. The highest BCUT2D eigenvalue weighted by Crippen LogP contribution is 2.23. The second-order valence-electron chi connectivity index (χ2n) is 6.29. The summed E-state index contributed by atoms with van der Waals surface area (Å²) in [7, 11) is 1.76. The van der Waals surface area contributed by atoms with E-state index in [-0.39, 0.29) is 11.7 Å². The average molecular weight is 314 g/mol. The molecule has 122 valence electrons. The fourth-order valence-corrected chi connectivity index (χ4v) is 2.84. The zero-order chi connectivity index (χ0) is 16.4. The minimum absolute atomic E-state index is 0.133. The highest BCUT2D eigenvalue weighted by Gasteiger charge is 2.26. The average Bonchev–Trinajstić information content (AvgIpc) is 2.87. The Bertz CT molecular complexity index is 695. The normalized spacial score (nSPS) is 14.8. The number of rotatable bonds is 3. The van der Waals surface area contributed by atoms with Gasteiger partial charge in [-0.15, -0.1) is 5.10 Å². The van der Waals surface area contributed by atoms with Gasteiger partial charge in [0.25, 0.3) is 5.91 Å². The lowest BCUT2D eigenvalue weighted by Crippen LogP contribution is -2.37. The number of hydrogen-bond donors (Lipinski definition) is 0. The van der Waals surface area contributed by atoms with Gasteiger partial charge >= 0.3 is 0 Å². The van der Waals surface area contributed by atoms with Crippen LogP contribution in [0, 0.1) is 5.92 Å². The van der Waals surface area contributed by atoms with Crippen molar-refractivity contribution in [1.82, 2.24) is 24.6 Å². The molecule has 2 aromatic rings. The maximum atomic E-state index is 12.7. The number of carbonyl (C=O) groups excluding carboxylic acids is 1. The van der Waals surface area contributed by atoms with Crippen molar-refractivity contribution in [3.05, 3.63) is 36.0 Å². The second-order valence-corrected chi connectivity index (χ2v) is 6.29. The summed E-state index contributed by atoms with van der Waals surface area (Å²) in [6.45, 7) is 7.24. The predicted octanol–water partition coefficient (Wildman–Crippen LogP) is 1.33. The van der Waals surface area contributed by atoms with Crippen LogP contribution in [0.4, 0.5) is 5.82 Å². The van der Waals surface area contributed by atoms with E-state index in [1.807, 2.05) is 18.3 Å². The molecule has 23 heavy (non-hydrogen) atoms. The number of anilines is 1. The molecule has 0 bridgehead atoms. The van der Waals surface area contributed by atoms with Gasteiger partial charge < -0.3 is 9.80 Å². The monoisotopic (exact) mass is 314 g/mol. The first kappa shape index (κ1) is 15.5. The molecule has 0 aromatic carbocycles. The molecule has 2 aromatic heterocycles. The van der Waals surface area contributed by atoms with E-state index in [9.17, 15) is 4.79 Å². The van der Waals surface area contributed by atoms with E-state index in [1.165, 1.54) is 0 Å². The minimum Gasteiger partial charge on any atom is -0.354 e. The Kier molecular flexibility index (Phi) is 4.27. The number of aryl methyl sites for hydroxylation is 1. The smallest absolute Gasteiger partial charge is 0.293 e. The number of fused-ring (bicyclic) bond motifs is 1. The molecule has 0 radical (unpaired) electrons. The van der Waals surface area contributed by atoms with Gasteiger partial charge in [-0.25, -0.2) is 9.97 Å². The van der Waals surface area contributed by atoms with E-state index in [0.717, 1.165) is 24.5 Å². The van der Waals surface area contributed by atoms with Crippen LogP contribution in [0.5, 0.6) is 0 Å². The van der Waals surface area contributed by atoms with Crippen LogP contribution in [-0.2, 0) is 13.6 Å². The van der Waals surface area contributed by atoms with Crippen LogP contribution in [-0.4, -0.2) is 50.2 Å². The van der Waals surface area contributed by atoms with Crippen molar-refractivity contribution in [3.8, 4) is 0 Å². The van der Waals surface area contributed by atoms with Crippen molar-refractivity contribution >= 4 is 11.7 Å². The minimum atomic E-state index is -0.133. The lowest BCUT2D eigenvalue weighted by atomic mass is 10.2. The van der Waals surface area contributed by atoms with Gasteiger partial charge in [0.1, 0.15) is 12.1 Å². The Balaban J connectivity index is 1.86. The second kappa shape index (κ2) is 6.36. The summed E-state index contributed by atoms with van der Waals surface area (Å²) in [6, 6.07) is 3.95. The Morgan fingerprint density at radius 3 is 2.83 bits per heavy atom. The third-order valence-corrected chi connectivity index (χ3v) is 3.83. The summed E-state index contributed by atoms with van der Waals surface area (Å²) < 4.78 is 1.55. The SMILES string of the molecule is CC(C)CN1CCN(C(=O)c2ncn(C)n2)Cc2cccnc21. The van der Waals surface area contributed by atoms with Crippen molar-refractivity contribution < 1.29 is 4.79 Å². The van der Waals surface area contributed by atoms with E-state index in [0.29, 0.717) is 19.0 Å². The molecule has 0 N–H and O–H groups in total. The maximum absolute atomic E-state index is 12.7. The molecule has 0 atom stereocenters. The van der Waals surface area contributed by atoms with Crippen LogP contribution in [0.15, 0.2) is 24.7 Å². The zero-order valence-electron chi connectivity index (χ0n) is 13.8. The Labute approximate surface area is 135 Å². The molecule has 0 saturated carbocycles. The van der Waals surface area contributed by atoms with Gasteiger partial charge in [0.05, 0.1) is 0 Å². The van der Waals surface area contributed by atoms with E-state index < -0.39 is 0 Å². The van der Waals surface area contributed by atoms with Crippen molar-refractivity contribution in [2.24, 2.45) is 13.0 Å². The quantitative estimate of drug-likeness (QED) is 0.855. The number of carbonyl (C=O) groups is 1. The third-order valence-electron chi connectivity index (χ3n) is 3.83. The number of hydrogen-bond acceptors (Lipinski definition) is 5. The summed E-state index contributed by atoms with van der Waals surface area (Å²) in [5, 5.41) is 4.12. The molecule has 1 aliphatic heterocycles. The van der Waals surface area contributed by atoms with E-state index in [2.05, 4.69) is 33.8 Å². The highest BCUT2D eigenvalue weighted by molar-refractivity contribution is 5.90. The molecular formula is C16H22N6O. The number of aromatic nitrogens is 4. The first-order chi connectivity index (χ1) is 11.0. The van der Waals surface area contributed by atoms with Crippen molar-refractivity contribution in [3.63, 3.8) is 0 Å². The van der Waals surface area contributed by atoms with Crippen LogP contribution < -0.4 is 4.90 Å². The largest absolute Gasteiger partial charge is 0.354 e. The number of nitrogens with zero attached hydrogens (tertiary/aromatic N) is 6. The molecular weight excluding hydrogens is 292 g/mol. The Hall–Kier alpha value is -2.44. The van der Waals surface area contributed by atoms with Crippen molar-refractivity contribution in [2.45, 2.75) is 20.4 Å². The lowest BCUT2D eigenvalue weighted by molar-refractivity contribution is 0.0739. The van der Waals surface area contributed by atoms with Crippen LogP contribution >= 0.6 is 0 Å². The molecule has 7 nitrogen and oxygen atoms in total. The number of amides is 1. The van der Waals surface area contributed by atoms with Gasteiger partial charge in [-0.05, 0) is 12.0 Å². The van der Waals surface area contributed by atoms with E-state index in [1.54, 1.807) is 23.0 Å². The highest BCUT2D eigenvalue weighted by atomic mass is 16.2. The molecule has 0 unspecified atom stereocenters. The molecule has 1 aliphatic rings. The van der Waals surface area contributed by atoms with Gasteiger partial charge in [-0.2, -0.15) is 0 Å². The van der Waals surface area contributed by atoms with Gasteiger partial charge in [0.2, 0.25) is 5.82 Å². The third kappa shape index (κ3) is 3.33. The first-order valence-electron chi connectivity index (χ1n) is 7.88. The molecule has 1 amide bonds. The molecule has 3 rings (SSSR count). The fourth-order valence-electron chi connectivity index (χ4n) is 2.84. The van der Waals surface area contributed by atoms with Crippen molar-refractivity contribution in [2.75, 3.05) is 24.5 Å². The van der Waals surface area contributed by atoms with Crippen LogP contribution in [0.2, 0.25) is 0 Å². The van der Waals surface area contributed by atoms with E-state index in [4.69, 9.17) is 0 Å². The van der Waals surface area contributed by atoms with E-state index >= 15 is 0 Å². The van der Waals surface area contributed by atoms with Gasteiger partial charge in [-0.1, -0.05) is 19.9 Å². The first-order valence-corrected chi connectivity index (χ1v) is 7.88. The number of pyridine rings is 1. The summed E-state index contributed by atoms with van der Waals surface area (Å²) in [5.41, 5.74) is 1.06. The summed E-state index contributed by atoms with van der Waals surface area (Å²) in [5.74, 6) is 1.62. The Morgan fingerprint density at radius 1 is 1.30 bits per heavy atom. The summed E-state index contributed by atoms with van der Waals surface area (Å²) in [6.07, 6.45) is 3.36. The Morgan fingerprint density at radius 2 is 2.13 bits per heavy atom. The van der Waals surface area contributed by atoms with Crippen molar-refractivity contribution in [1.29, 1.82) is 0 Å². The molecule has 3 heterocycles. The predicted molar refractivity (Wildman–Crippen MR) is 87.0 cm³/mol. The topological polar surface area (TPSA) is 67.2 Å². The maximum Gasteiger partial charge on any atom is 0.293 e. The zero-order valence-corrected chi connectivity index (χ0v) is 13.8. The van der Waals surface area contributed by atoms with Crippen LogP contribution in [0.25, 0.3) is 0 Å². The van der Waals surface area contributed by atoms with Crippen LogP contribution in [0.3, 0.4) is 0 Å². The fraction of sp³-hybridized carbons (Fsp3) is 0.500. The standard InChI is InChI=1S/C16H22N6O/c1-12(2)9-21-7-8-22(10-13-5-4-6-17-15(13)21)16(23)14-18-11-20(3)19-14/h4-6,11-12H,7-10H2,1-3H3. The van der Waals surface area contributed by atoms with Gasteiger partial charge in [0, 0.05) is 45.0 Å². The van der Waals surface area contributed by atoms with Crippen LogP contribution in [0.1, 0.15) is 30.0 Å². The van der Waals surface area contributed by atoms with Gasteiger partial charge in [0.15, 0.2) is 0 Å². The van der Waals surface area contributed by atoms with Gasteiger partial charge in [-0.3, -0.25) is 9.48 Å².